The van der Waals surface area contributed by atoms with Gasteiger partial charge in [-0.2, -0.15) is 0 Å². The number of nitrogens with one attached hydrogen (secondary N) is 2. The van der Waals surface area contributed by atoms with Crippen molar-refractivity contribution in [1.82, 2.24) is 15.5 Å². The monoisotopic (exact) mass is 267 g/mol. The highest BCUT2D eigenvalue weighted by Gasteiger charge is 2.24. The maximum absolute atomic E-state index is 12.0. The van der Waals surface area contributed by atoms with Crippen LogP contribution in [-0.4, -0.2) is 49.1 Å². The van der Waals surface area contributed by atoms with E-state index in [0.717, 1.165) is 25.9 Å². The molecule has 2 unspecified atom stereocenters. The maximum atomic E-state index is 12.0. The molecule has 0 aromatic heterocycles. The lowest BCUT2D eigenvalue weighted by Gasteiger charge is -2.20. The van der Waals surface area contributed by atoms with Crippen molar-refractivity contribution in [2.75, 3.05) is 26.2 Å². The number of amides is 1. The Hall–Kier alpha value is -0.610. The van der Waals surface area contributed by atoms with Crippen molar-refractivity contribution in [3.8, 4) is 0 Å². The summed E-state index contributed by atoms with van der Waals surface area (Å²) in [6.07, 6.45) is 6.11. The van der Waals surface area contributed by atoms with Crippen molar-refractivity contribution >= 4 is 5.91 Å². The van der Waals surface area contributed by atoms with Crippen molar-refractivity contribution in [1.29, 1.82) is 0 Å². The lowest BCUT2D eigenvalue weighted by Crippen LogP contribution is -2.46. The lowest BCUT2D eigenvalue weighted by molar-refractivity contribution is -0.123. The molecule has 4 heteroatoms. The zero-order valence-electron chi connectivity index (χ0n) is 12.5. The molecule has 1 saturated heterocycles. The average Bonchev–Trinajstić information content (AvgIpc) is 3.06. The molecule has 2 N–H and O–H groups in total. The van der Waals surface area contributed by atoms with Gasteiger partial charge in [-0.05, 0) is 51.7 Å². The van der Waals surface area contributed by atoms with Crippen LogP contribution in [0.2, 0.25) is 0 Å². The summed E-state index contributed by atoms with van der Waals surface area (Å²) in [7, 11) is 0. The Balaban J connectivity index is 1.63. The van der Waals surface area contributed by atoms with Gasteiger partial charge < -0.3 is 15.5 Å². The fraction of sp³-hybridized carbons (Fsp3) is 0.933. The van der Waals surface area contributed by atoms with Crippen LogP contribution in [0.15, 0.2) is 0 Å². The smallest absolute Gasteiger partial charge is 0.237 e. The first-order chi connectivity index (χ1) is 9.19. The van der Waals surface area contributed by atoms with Gasteiger partial charge in [0.2, 0.25) is 5.91 Å². The molecule has 4 nitrogen and oxygen atoms in total. The minimum atomic E-state index is -0.0590. The van der Waals surface area contributed by atoms with E-state index in [2.05, 4.69) is 22.5 Å². The molecular weight excluding hydrogens is 238 g/mol. The number of nitrogens with zero attached hydrogens (tertiary/aromatic N) is 1. The summed E-state index contributed by atoms with van der Waals surface area (Å²) in [4.78, 5) is 14.5. The SMILES string of the molecule is CCN1CCC(CNC(C)C(=O)NC2CCCC2)C1. The van der Waals surface area contributed by atoms with Gasteiger partial charge in [0, 0.05) is 12.6 Å². The molecule has 1 saturated carbocycles. The number of rotatable bonds is 6. The van der Waals surface area contributed by atoms with Crippen LogP contribution in [0.25, 0.3) is 0 Å². The van der Waals surface area contributed by atoms with E-state index in [9.17, 15) is 4.79 Å². The minimum Gasteiger partial charge on any atom is -0.352 e. The Labute approximate surface area is 117 Å². The standard InChI is InChI=1S/C15H29N3O/c1-3-18-9-8-13(11-18)10-16-12(2)15(19)17-14-6-4-5-7-14/h12-14,16H,3-11H2,1-2H3,(H,17,19). The molecule has 0 spiro atoms. The van der Waals surface area contributed by atoms with Crippen LogP contribution in [0.1, 0.15) is 46.0 Å². The zero-order chi connectivity index (χ0) is 13.7. The summed E-state index contributed by atoms with van der Waals surface area (Å²) in [5.74, 6) is 0.888. The quantitative estimate of drug-likeness (QED) is 0.764. The summed E-state index contributed by atoms with van der Waals surface area (Å²) in [5, 5.41) is 6.57. The third-order valence-corrected chi connectivity index (χ3v) is 4.62. The molecular formula is C15H29N3O. The van der Waals surface area contributed by atoms with Gasteiger partial charge in [-0.25, -0.2) is 0 Å². The predicted octanol–water partition coefficient (Wildman–Crippen LogP) is 1.37. The summed E-state index contributed by atoms with van der Waals surface area (Å²) in [6, 6.07) is 0.370. The second-order valence-electron chi connectivity index (χ2n) is 6.17. The van der Waals surface area contributed by atoms with E-state index in [1.165, 1.54) is 32.4 Å². The number of hydrogen-bond donors (Lipinski definition) is 2. The van der Waals surface area contributed by atoms with Gasteiger partial charge in [-0.1, -0.05) is 19.8 Å². The second-order valence-corrected chi connectivity index (χ2v) is 6.17. The van der Waals surface area contributed by atoms with Crippen molar-refractivity contribution in [2.24, 2.45) is 5.92 Å². The van der Waals surface area contributed by atoms with Gasteiger partial charge in [-0.15, -0.1) is 0 Å². The maximum Gasteiger partial charge on any atom is 0.237 e. The van der Waals surface area contributed by atoms with Gasteiger partial charge in [-0.3, -0.25) is 4.79 Å². The van der Waals surface area contributed by atoms with Gasteiger partial charge in [0.05, 0.1) is 6.04 Å². The highest BCUT2D eigenvalue weighted by atomic mass is 16.2. The molecule has 1 aliphatic carbocycles. The van der Waals surface area contributed by atoms with Gasteiger partial charge in [0.25, 0.3) is 0 Å². The summed E-state index contributed by atoms with van der Waals surface area (Å²) in [5.41, 5.74) is 0. The van der Waals surface area contributed by atoms with Crippen molar-refractivity contribution in [2.45, 2.75) is 58.0 Å². The van der Waals surface area contributed by atoms with Crippen molar-refractivity contribution in [3.63, 3.8) is 0 Å². The fourth-order valence-corrected chi connectivity index (χ4v) is 3.20. The van der Waals surface area contributed by atoms with Crippen LogP contribution in [0.5, 0.6) is 0 Å². The Kier molecular flexibility index (Phi) is 5.64. The van der Waals surface area contributed by atoms with E-state index in [1.54, 1.807) is 0 Å². The molecule has 1 amide bonds. The Morgan fingerprint density at radius 3 is 2.68 bits per heavy atom. The number of carbonyl (C=O) groups is 1. The molecule has 0 radical (unpaired) electrons. The normalized spacial score (nSPS) is 26.7. The number of hydrogen-bond acceptors (Lipinski definition) is 3. The number of carbonyl (C=O) groups excluding carboxylic acids is 1. The highest BCUT2D eigenvalue weighted by molar-refractivity contribution is 5.81. The summed E-state index contributed by atoms with van der Waals surface area (Å²) < 4.78 is 0. The Morgan fingerprint density at radius 1 is 1.32 bits per heavy atom. The molecule has 0 aromatic rings. The third-order valence-electron chi connectivity index (χ3n) is 4.62. The van der Waals surface area contributed by atoms with Gasteiger partial charge in [0.15, 0.2) is 0 Å². The molecule has 0 aromatic carbocycles. The van der Waals surface area contributed by atoms with Crippen LogP contribution in [-0.2, 0) is 4.79 Å². The molecule has 0 bridgehead atoms. The molecule has 2 aliphatic rings. The summed E-state index contributed by atoms with van der Waals surface area (Å²) in [6.45, 7) is 8.71. The second kappa shape index (κ2) is 7.25. The molecule has 2 atom stereocenters. The first kappa shape index (κ1) is 14.8. The average molecular weight is 267 g/mol. The highest BCUT2D eigenvalue weighted by Crippen LogP contribution is 2.18. The molecule has 1 aliphatic heterocycles. The van der Waals surface area contributed by atoms with E-state index in [1.807, 2.05) is 6.92 Å². The van der Waals surface area contributed by atoms with Crippen LogP contribution in [0.3, 0.4) is 0 Å². The summed E-state index contributed by atoms with van der Waals surface area (Å²) >= 11 is 0. The topological polar surface area (TPSA) is 44.4 Å². The van der Waals surface area contributed by atoms with Crippen molar-refractivity contribution < 1.29 is 4.79 Å². The minimum absolute atomic E-state index is 0.0590. The van der Waals surface area contributed by atoms with E-state index in [4.69, 9.17) is 0 Å². The van der Waals surface area contributed by atoms with Gasteiger partial charge in [0.1, 0.15) is 0 Å². The molecule has 19 heavy (non-hydrogen) atoms. The predicted molar refractivity (Wildman–Crippen MR) is 78.1 cm³/mol. The molecule has 110 valence electrons. The van der Waals surface area contributed by atoms with E-state index >= 15 is 0 Å². The van der Waals surface area contributed by atoms with Crippen LogP contribution in [0, 0.1) is 5.92 Å². The lowest BCUT2D eigenvalue weighted by atomic mass is 10.1. The van der Waals surface area contributed by atoms with Crippen molar-refractivity contribution in [3.05, 3.63) is 0 Å². The number of likely N-dealkylation sites (tertiary alicyclic amines) is 1. The Bertz CT molecular complexity index is 289. The third kappa shape index (κ3) is 4.46. The van der Waals surface area contributed by atoms with E-state index in [0.29, 0.717) is 12.0 Å². The van der Waals surface area contributed by atoms with E-state index in [-0.39, 0.29) is 11.9 Å². The zero-order valence-corrected chi connectivity index (χ0v) is 12.5. The van der Waals surface area contributed by atoms with Crippen LogP contribution < -0.4 is 10.6 Å². The Morgan fingerprint density at radius 2 is 2.05 bits per heavy atom. The largest absolute Gasteiger partial charge is 0.352 e. The first-order valence-electron chi connectivity index (χ1n) is 7.95. The van der Waals surface area contributed by atoms with Crippen LogP contribution in [0.4, 0.5) is 0 Å². The molecule has 1 heterocycles. The first-order valence-corrected chi connectivity index (χ1v) is 7.95. The molecule has 2 rings (SSSR count). The van der Waals surface area contributed by atoms with Crippen LogP contribution >= 0.6 is 0 Å². The fourth-order valence-electron chi connectivity index (χ4n) is 3.20. The molecule has 2 fully saturated rings. The van der Waals surface area contributed by atoms with E-state index < -0.39 is 0 Å². The van der Waals surface area contributed by atoms with Gasteiger partial charge >= 0.3 is 0 Å².